The Morgan fingerprint density at radius 1 is 1.10 bits per heavy atom. The van der Waals surface area contributed by atoms with Crippen LogP contribution in [-0.2, 0) is 20.7 Å². The first-order chi connectivity index (χ1) is 14.5. The Hall–Kier alpha value is -3.34. The molecule has 0 spiro atoms. The average molecular weight is 403 g/mol. The number of hydrogen-bond donors (Lipinski definition) is 2. The third-order valence-corrected chi connectivity index (χ3v) is 5.76. The van der Waals surface area contributed by atoms with Gasteiger partial charge in [0, 0.05) is 30.2 Å². The smallest absolute Gasteiger partial charge is 0.336 e. The van der Waals surface area contributed by atoms with Gasteiger partial charge in [0.2, 0.25) is 0 Å². The van der Waals surface area contributed by atoms with Crippen molar-refractivity contribution in [1.29, 1.82) is 0 Å². The third-order valence-electron chi connectivity index (χ3n) is 5.76. The Kier molecular flexibility index (Phi) is 5.70. The number of nitrogens with one attached hydrogen (secondary N) is 1. The van der Waals surface area contributed by atoms with E-state index in [1.807, 2.05) is 43.3 Å². The van der Waals surface area contributed by atoms with Crippen LogP contribution >= 0.6 is 0 Å². The van der Waals surface area contributed by atoms with Crippen molar-refractivity contribution in [2.45, 2.75) is 32.1 Å². The van der Waals surface area contributed by atoms with Crippen LogP contribution in [0.5, 0.6) is 5.75 Å². The summed E-state index contributed by atoms with van der Waals surface area (Å²) in [5.74, 6) is -1.03. The number of allylic oxidation sites excluding steroid dienone is 3. The van der Waals surface area contributed by atoms with Crippen LogP contribution in [-0.4, -0.2) is 23.5 Å². The number of phenols is 1. The molecular formula is C25H25NO4. The maximum atomic E-state index is 13.1. The zero-order valence-electron chi connectivity index (χ0n) is 16.9. The van der Waals surface area contributed by atoms with E-state index < -0.39 is 17.8 Å². The fourth-order valence-electron chi connectivity index (χ4n) is 4.31. The van der Waals surface area contributed by atoms with Gasteiger partial charge in [-0.05, 0) is 36.6 Å². The molecule has 1 aliphatic heterocycles. The maximum Gasteiger partial charge on any atom is 0.336 e. The number of esters is 1. The number of hydrogen-bond acceptors (Lipinski definition) is 5. The number of aromatic hydroxyl groups is 1. The minimum Gasteiger partial charge on any atom is -0.508 e. The summed E-state index contributed by atoms with van der Waals surface area (Å²) in [6, 6.07) is 16.6. The number of benzene rings is 2. The van der Waals surface area contributed by atoms with Gasteiger partial charge in [-0.25, -0.2) is 4.79 Å². The molecule has 5 heteroatoms. The minimum atomic E-state index is -0.441. The molecule has 0 aromatic heterocycles. The van der Waals surface area contributed by atoms with Gasteiger partial charge in [0.05, 0.1) is 18.1 Å². The second-order valence-electron chi connectivity index (χ2n) is 7.75. The summed E-state index contributed by atoms with van der Waals surface area (Å²) in [6.07, 6.45) is 3.83. The predicted molar refractivity (Wildman–Crippen MR) is 114 cm³/mol. The molecule has 0 amide bonds. The summed E-state index contributed by atoms with van der Waals surface area (Å²) < 4.78 is 5.63. The molecule has 1 aliphatic carbocycles. The number of rotatable bonds is 5. The number of carbonyl (C=O) groups excluding carboxylic acids is 2. The van der Waals surface area contributed by atoms with E-state index in [1.165, 1.54) is 0 Å². The van der Waals surface area contributed by atoms with Crippen LogP contribution in [0.25, 0.3) is 0 Å². The van der Waals surface area contributed by atoms with E-state index in [-0.39, 0.29) is 18.1 Å². The molecule has 30 heavy (non-hydrogen) atoms. The van der Waals surface area contributed by atoms with Crippen molar-refractivity contribution < 1.29 is 19.4 Å². The van der Waals surface area contributed by atoms with Crippen LogP contribution in [0.4, 0.5) is 0 Å². The topological polar surface area (TPSA) is 75.6 Å². The molecule has 0 radical (unpaired) electrons. The Labute approximate surface area is 176 Å². The highest BCUT2D eigenvalue weighted by atomic mass is 16.5. The summed E-state index contributed by atoms with van der Waals surface area (Å²) in [4.78, 5) is 26.0. The SMILES string of the molecule is CC1=C(C(=O)OCCc2ccccc2)C(c2ccc(O)cc2)C2C(=O)CCC=C2N1. The summed E-state index contributed by atoms with van der Waals surface area (Å²) in [7, 11) is 0. The van der Waals surface area contributed by atoms with Crippen molar-refractivity contribution in [3.8, 4) is 5.75 Å². The first kappa shape index (κ1) is 20.0. The predicted octanol–water partition coefficient (Wildman–Crippen LogP) is 4.00. The van der Waals surface area contributed by atoms with E-state index in [0.29, 0.717) is 30.5 Å². The summed E-state index contributed by atoms with van der Waals surface area (Å²) in [5.41, 5.74) is 3.94. The van der Waals surface area contributed by atoms with E-state index in [4.69, 9.17) is 4.74 Å². The molecule has 0 saturated carbocycles. The van der Waals surface area contributed by atoms with E-state index in [9.17, 15) is 14.7 Å². The lowest BCUT2D eigenvalue weighted by Gasteiger charge is -2.38. The van der Waals surface area contributed by atoms with Gasteiger partial charge in [-0.1, -0.05) is 48.5 Å². The largest absolute Gasteiger partial charge is 0.508 e. The fraction of sp³-hybridized carbons (Fsp3) is 0.280. The number of ether oxygens (including phenoxy) is 1. The van der Waals surface area contributed by atoms with E-state index >= 15 is 0 Å². The van der Waals surface area contributed by atoms with Crippen LogP contribution in [0.2, 0.25) is 0 Å². The van der Waals surface area contributed by atoms with Gasteiger partial charge in [0.1, 0.15) is 11.5 Å². The van der Waals surface area contributed by atoms with Gasteiger partial charge in [0.25, 0.3) is 0 Å². The molecule has 0 bridgehead atoms. The van der Waals surface area contributed by atoms with Crippen LogP contribution in [0.3, 0.4) is 0 Å². The molecule has 2 aliphatic rings. The molecule has 0 saturated heterocycles. The van der Waals surface area contributed by atoms with Crippen LogP contribution in [0, 0.1) is 5.92 Å². The summed E-state index contributed by atoms with van der Waals surface area (Å²) in [5, 5.41) is 13.0. The lowest BCUT2D eigenvalue weighted by Crippen LogP contribution is -2.40. The van der Waals surface area contributed by atoms with Gasteiger partial charge in [-0.2, -0.15) is 0 Å². The molecule has 2 aromatic carbocycles. The highest BCUT2D eigenvalue weighted by Crippen LogP contribution is 2.44. The minimum absolute atomic E-state index is 0.111. The maximum absolute atomic E-state index is 13.1. The highest BCUT2D eigenvalue weighted by molar-refractivity contribution is 5.96. The number of phenolic OH excluding ortho intramolecular Hbond substituents is 1. The van der Waals surface area contributed by atoms with Crippen molar-refractivity contribution in [3.05, 3.63) is 88.8 Å². The Balaban J connectivity index is 1.63. The molecule has 2 atom stereocenters. The van der Waals surface area contributed by atoms with E-state index in [0.717, 1.165) is 16.8 Å². The quantitative estimate of drug-likeness (QED) is 0.738. The van der Waals surface area contributed by atoms with Gasteiger partial charge < -0.3 is 15.2 Å². The molecule has 4 rings (SSSR count). The molecule has 2 unspecified atom stereocenters. The Morgan fingerprint density at radius 3 is 2.57 bits per heavy atom. The van der Waals surface area contributed by atoms with Crippen molar-refractivity contribution in [1.82, 2.24) is 5.32 Å². The second-order valence-corrected chi connectivity index (χ2v) is 7.75. The molecule has 154 valence electrons. The van der Waals surface area contributed by atoms with Gasteiger partial charge in [-0.15, -0.1) is 0 Å². The zero-order valence-corrected chi connectivity index (χ0v) is 16.9. The second kappa shape index (κ2) is 8.57. The van der Waals surface area contributed by atoms with Crippen molar-refractivity contribution in [3.63, 3.8) is 0 Å². The normalized spacial score (nSPS) is 20.8. The van der Waals surface area contributed by atoms with Crippen molar-refractivity contribution >= 4 is 11.8 Å². The Morgan fingerprint density at radius 2 is 1.83 bits per heavy atom. The number of ketones is 1. The first-order valence-electron chi connectivity index (χ1n) is 10.2. The average Bonchev–Trinajstić information content (AvgIpc) is 2.74. The molecule has 1 heterocycles. The Bertz CT molecular complexity index is 1010. The van der Waals surface area contributed by atoms with Gasteiger partial charge in [-0.3, -0.25) is 4.79 Å². The van der Waals surface area contributed by atoms with Crippen molar-refractivity contribution in [2.75, 3.05) is 6.61 Å². The van der Waals surface area contributed by atoms with E-state index in [2.05, 4.69) is 5.32 Å². The molecule has 2 N–H and O–H groups in total. The van der Waals surface area contributed by atoms with Crippen LogP contribution in [0.1, 0.15) is 36.8 Å². The highest BCUT2D eigenvalue weighted by Gasteiger charge is 2.43. The van der Waals surface area contributed by atoms with Crippen LogP contribution < -0.4 is 5.32 Å². The van der Waals surface area contributed by atoms with Gasteiger partial charge in [0.15, 0.2) is 0 Å². The lowest BCUT2D eigenvalue weighted by molar-refractivity contribution is -0.139. The first-order valence-corrected chi connectivity index (χ1v) is 10.2. The standard InChI is InChI=1S/C25H25NO4/c1-16-22(25(29)30-15-14-17-6-3-2-4-7-17)23(18-10-12-19(27)13-11-18)24-20(26-16)8-5-9-21(24)28/h2-4,6-8,10-13,23-24,26-27H,5,9,14-15H2,1H3. The molecule has 0 fully saturated rings. The van der Waals surface area contributed by atoms with Crippen LogP contribution in [0.15, 0.2) is 77.6 Å². The monoisotopic (exact) mass is 403 g/mol. The number of fused-ring (bicyclic) bond motifs is 1. The third kappa shape index (κ3) is 4.01. The molecular weight excluding hydrogens is 378 g/mol. The van der Waals surface area contributed by atoms with E-state index in [1.54, 1.807) is 24.3 Å². The molecule has 5 nitrogen and oxygen atoms in total. The number of carbonyl (C=O) groups is 2. The van der Waals surface area contributed by atoms with Gasteiger partial charge >= 0.3 is 5.97 Å². The summed E-state index contributed by atoms with van der Waals surface area (Å²) in [6.45, 7) is 2.11. The molecule has 2 aromatic rings. The number of Topliss-reactive ketones (excluding diaryl/α,β-unsaturated/α-hetero) is 1. The lowest BCUT2D eigenvalue weighted by atomic mass is 9.71. The zero-order chi connectivity index (χ0) is 21.1. The summed E-state index contributed by atoms with van der Waals surface area (Å²) >= 11 is 0. The van der Waals surface area contributed by atoms with Crippen molar-refractivity contribution in [2.24, 2.45) is 5.92 Å². The fourth-order valence-corrected chi connectivity index (χ4v) is 4.31.